The molecule has 0 N–H and O–H groups in total. The topological polar surface area (TPSA) is 17.1 Å². The number of hydrogen-bond donors (Lipinski definition) is 0. The number of carbonyl (C=O) groups excluding carboxylic acids is 1. The van der Waals surface area contributed by atoms with Gasteiger partial charge in [0.2, 0.25) is 0 Å². The van der Waals surface area contributed by atoms with Crippen LogP contribution in [0, 0.1) is 0 Å². The Labute approximate surface area is 120 Å². The third-order valence-electron chi connectivity index (χ3n) is 4.37. The Bertz CT molecular complexity index is 606. The standard InChI is InChI=1S/C19H20O/c1-2-14-10-12-16(13-11-14)19(20)18-9-4-3-8-17(18)15-6-5-7-15/h3-4,8-13,15H,2,5-7H2,1H3. The molecule has 1 fully saturated rings. The van der Waals surface area contributed by atoms with Crippen molar-refractivity contribution >= 4 is 5.78 Å². The number of ketones is 1. The summed E-state index contributed by atoms with van der Waals surface area (Å²) in [5.41, 5.74) is 4.20. The predicted octanol–water partition coefficient (Wildman–Crippen LogP) is 4.75. The molecular weight excluding hydrogens is 244 g/mol. The van der Waals surface area contributed by atoms with Crippen LogP contribution in [0.5, 0.6) is 0 Å². The number of hydrogen-bond acceptors (Lipinski definition) is 1. The number of carbonyl (C=O) groups is 1. The summed E-state index contributed by atoms with van der Waals surface area (Å²) in [6, 6.07) is 16.1. The van der Waals surface area contributed by atoms with Crippen LogP contribution >= 0.6 is 0 Å². The van der Waals surface area contributed by atoms with Gasteiger partial charge in [0, 0.05) is 11.1 Å². The molecule has 2 aromatic rings. The highest BCUT2D eigenvalue weighted by atomic mass is 16.1. The van der Waals surface area contributed by atoms with Gasteiger partial charge in [-0.05, 0) is 36.3 Å². The van der Waals surface area contributed by atoms with Crippen molar-refractivity contribution in [2.75, 3.05) is 0 Å². The van der Waals surface area contributed by atoms with Crippen molar-refractivity contribution in [1.29, 1.82) is 0 Å². The minimum absolute atomic E-state index is 0.162. The normalized spacial score (nSPS) is 14.8. The van der Waals surface area contributed by atoms with Crippen LogP contribution in [0.2, 0.25) is 0 Å². The van der Waals surface area contributed by atoms with Crippen LogP contribution < -0.4 is 0 Å². The van der Waals surface area contributed by atoms with E-state index in [2.05, 4.69) is 25.1 Å². The highest BCUT2D eigenvalue weighted by molar-refractivity contribution is 6.10. The van der Waals surface area contributed by atoms with Crippen molar-refractivity contribution in [3.8, 4) is 0 Å². The first-order valence-electron chi connectivity index (χ1n) is 7.52. The molecule has 1 nitrogen and oxygen atoms in total. The van der Waals surface area contributed by atoms with Gasteiger partial charge in [0.05, 0.1) is 0 Å². The lowest BCUT2D eigenvalue weighted by Crippen LogP contribution is -2.14. The fourth-order valence-corrected chi connectivity index (χ4v) is 2.83. The molecule has 1 aliphatic carbocycles. The molecule has 0 saturated heterocycles. The number of rotatable bonds is 4. The number of aryl methyl sites for hydroxylation is 1. The van der Waals surface area contributed by atoms with Gasteiger partial charge >= 0.3 is 0 Å². The van der Waals surface area contributed by atoms with Crippen molar-refractivity contribution in [3.63, 3.8) is 0 Å². The van der Waals surface area contributed by atoms with Gasteiger partial charge in [-0.3, -0.25) is 4.79 Å². The third-order valence-corrected chi connectivity index (χ3v) is 4.37. The van der Waals surface area contributed by atoms with Gasteiger partial charge in [-0.15, -0.1) is 0 Å². The van der Waals surface area contributed by atoms with Crippen molar-refractivity contribution < 1.29 is 4.79 Å². The van der Waals surface area contributed by atoms with Gasteiger partial charge in [-0.1, -0.05) is 61.9 Å². The van der Waals surface area contributed by atoms with Gasteiger partial charge < -0.3 is 0 Å². The highest BCUT2D eigenvalue weighted by Crippen LogP contribution is 2.38. The van der Waals surface area contributed by atoms with Crippen molar-refractivity contribution in [3.05, 3.63) is 70.8 Å². The van der Waals surface area contributed by atoms with Crippen LogP contribution in [-0.4, -0.2) is 5.78 Å². The van der Waals surface area contributed by atoms with E-state index >= 15 is 0 Å². The molecule has 0 unspecified atom stereocenters. The van der Waals surface area contributed by atoms with Gasteiger partial charge in [0.15, 0.2) is 5.78 Å². The molecule has 0 aromatic heterocycles. The quantitative estimate of drug-likeness (QED) is 0.728. The molecule has 1 heteroatoms. The second-order valence-electron chi connectivity index (χ2n) is 5.59. The Kier molecular flexibility index (Phi) is 3.68. The maximum Gasteiger partial charge on any atom is 0.193 e. The van der Waals surface area contributed by atoms with E-state index in [4.69, 9.17) is 0 Å². The smallest absolute Gasteiger partial charge is 0.193 e. The molecular formula is C19H20O. The minimum atomic E-state index is 0.162. The summed E-state index contributed by atoms with van der Waals surface area (Å²) >= 11 is 0. The zero-order valence-corrected chi connectivity index (χ0v) is 11.9. The summed E-state index contributed by atoms with van der Waals surface area (Å²) in [5, 5.41) is 0. The van der Waals surface area contributed by atoms with Gasteiger partial charge in [0.25, 0.3) is 0 Å². The van der Waals surface area contributed by atoms with Crippen molar-refractivity contribution in [1.82, 2.24) is 0 Å². The fourth-order valence-electron chi connectivity index (χ4n) is 2.83. The van der Waals surface area contributed by atoms with Gasteiger partial charge in [0.1, 0.15) is 0 Å². The molecule has 0 aliphatic heterocycles. The SMILES string of the molecule is CCc1ccc(C(=O)c2ccccc2C2CCC2)cc1. The molecule has 0 bridgehead atoms. The molecule has 0 amide bonds. The van der Waals surface area contributed by atoms with Crippen molar-refractivity contribution in [2.24, 2.45) is 0 Å². The summed E-state index contributed by atoms with van der Waals surface area (Å²) in [4.78, 5) is 12.7. The maximum absolute atomic E-state index is 12.7. The van der Waals surface area contributed by atoms with E-state index in [1.807, 2.05) is 30.3 Å². The van der Waals surface area contributed by atoms with E-state index in [0.717, 1.165) is 17.5 Å². The van der Waals surface area contributed by atoms with E-state index in [-0.39, 0.29) is 5.78 Å². The molecule has 1 aliphatic rings. The summed E-state index contributed by atoms with van der Waals surface area (Å²) in [6.45, 7) is 2.13. The number of benzene rings is 2. The molecule has 0 spiro atoms. The molecule has 3 rings (SSSR count). The van der Waals surface area contributed by atoms with Crippen LogP contribution in [-0.2, 0) is 6.42 Å². The van der Waals surface area contributed by atoms with E-state index < -0.39 is 0 Å². The molecule has 0 atom stereocenters. The van der Waals surface area contributed by atoms with E-state index in [1.54, 1.807) is 0 Å². The second kappa shape index (κ2) is 5.62. The third kappa shape index (κ3) is 2.40. The molecule has 2 aromatic carbocycles. The molecule has 0 heterocycles. The lowest BCUT2D eigenvalue weighted by atomic mass is 9.77. The summed E-state index contributed by atoms with van der Waals surface area (Å²) in [5.74, 6) is 0.750. The van der Waals surface area contributed by atoms with Crippen LogP contribution in [0.25, 0.3) is 0 Å². The van der Waals surface area contributed by atoms with Crippen molar-refractivity contribution in [2.45, 2.75) is 38.5 Å². The van der Waals surface area contributed by atoms with E-state index in [1.165, 1.54) is 30.4 Å². The van der Waals surface area contributed by atoms with Crippen LogP contribution in [0.15, 0.2) is 48.5 Å². The monoisotopic (exact) mass is 264 g/mol. The fraction of sp³-hybridized carbons (Fsp3) is 0.316. The van der Waals surface area contributed by atoms with Crippen LogP contribution in [0.1, 0.15) is 59.2 Å². The first-order valence-corrected chi connectivity index (χ1v) is 7.52. The first-order chi connectivity index (χ1) is 9.79. The second-order valence-corrected chi connectivity index (χ2v) is 5.59. The van der Waals surface area contributed by atoms with Gasteiger partial charge in [-0.2, -0.15) is 0 Å². The Morgan fingerprint density at radius 2 is 1.75 bits per heavy atom. The molecule has 0 radical (unpaired) electrons. The Morgan fingerprint density at radius 3 is 2.35 bits per heavy atom. The largest absolute Gasteiger partial charge is 0.289 e. The minimum Gasteiger partial charge on any atom is -0.289 e. The van der Waals surface area contributed by atoms with Crippen LogP contribution in [0.3, 0.4) is 0 Å². The lowest BCUT2D eigenvalue weighted by molar-refractivity contribution is 0.103. The maximum atomic E-state index is 12.7. The summed E-state index contributed by atoms with van der Waals surface area (Å²) in [6.07, 6.45) is 4.74. The van der Waals surface area contributed by atoms with E-state index in [9.17, 15) is 4.79 Å². The van der Waals surface area contributed by atoms with Crippen LogP contribution in [0.4, 0.5) is 0 Å². The molecule has 102 valence electrons. The van der Waals surface area contributed by atoms with Gasteiger partial charge in [-0.25, -0.2) is 0 Å². The Balaban J connectivity index is 1.93. The predicted molar refractivity (Wildman–Crippen MR) is 82.3 cm³/mol. The zero-order chi connectivity index (χ0) is 13.9. The lowest BCUT2D eigenvalue weighted by Gasteiger charge is -2.27. The molecule has 1 saturated carbocycles. The first kappa shape index (κ1) is 13.1. The average molecular weight is 264 g/mol. The Morgan fingerprint density at radius 1 is 1.05 bits per heavy atom. The summed E-state index contributed by atoms with van der Waals surface area (Å²) < 4.78 is 0. The Hall–Kier alpha value is -1.89. The summed E-state index contributed by atoms with van der Waals surface area (Å²) in [7, 11) is 0. The zero-order valence-electron chi connectivity index (χ0n) is 11.9. The average Bonchev–Trinajstić information content (AvgIpc) is 2.45. The van der Waals surface area contributed by atoms with E-state index in [0.29, 0.717) is 5.92 Å². The molecule has 20 heavy (non-hydrogen) atoms. The highest BCUT2D eigenvalue weighted by Gasteiger charge is 2.24.